The van der Waals surface area contributed by atoms with Crippen molar-refractivity contribution in [3.63, 3.8) is 0 Å². The fraction of sp³-hybridized carbons (Fsp3) is 0.722. The van der Waals surface area contributed by atoms with Crippen molar-refractivity contribution in [2.24, 2.45) is 5.92 Å². The van der Waals surface area contributed by atoms with Gasteiger partial charge in [0.15, 0.2) is 11.6 Å². The van der Waals surface area contributed by atoms with E-state index in [-0.39, 0.29) is 37.3 Å². The number of nitrogens with zero attached hydrogens (tertiary/aromatic N) is 2. The molecule has 12 heteroatoms. The van der Waals surface area contributed by atoms with E-state index in [1.807, 2.05) is 13.8 Å². The highest BCUT2D eigenvalue weighted by Gasteiger charge is 2.38. The third kappa shape index (κ3) is 7.46. The molecule has 0 aliphatic carbocycles. The van der Waals surface area contributed by atoms with E-state index in [0.717, 1.165) is 25.5 Å². The molecule has 1 saturated heterocycles. The quantitative estimate of drug-likeness (QED) is 0.295. The minimum atomic E-state index is -3.40. The van der Waals surface area contributed by atoms with Gasteiger partial charge in [0.05, 0.1) is 19.4 Å². The van der Waals surface area contributed by atoms with Crippen LogP contribution >= 0.6 is 7.52 Å². The van der Waals surface area contributed by atoms with Gasteiger partial charge in [0, 0.05) is 0 Å². The number of halogens is 1. The van der Waals surface area contributed by atoms with Crippen LogP contribution in [0.1, 0.15) is 40.0 Å². The Labute approximate surface area is 175 Å². The Morgan fingerprint density at radius 3 is 2.83 bits per heavy atom. The minimum absolute atomic E-state index is 0.00183. The van der Waals surface area contributed by atoms with Gasteiger partial charge in [0.25, 0.3) is 7.52 Å². The lowest BCUT2D eigenvalue weighted by Crippen LogP contribution is -2.44. The molecule has 170 valence electrons. The SMILES string of the molecule is CCCCCOC(=O)[C@@H](NP1(=O)CO[C@H](COc2ncc(F)c(N)n2)CO1)C(C)C. The molecule has 0 saturated carbocycles. The third-order valence-corrected chi connectivity index (χ3v) is 6.07. The zero-order chi connectivity index (χ0) is 22.1. The summed E-state index contributed by atoms with van der Waals surface area (Å²) < 4.78 is 47.7. The molecule has 1 aromatic rings. The zero-order valence-corrected chi connectivity index (χ0v) is 18.4. The van der Waals surface area contributed by atoms with Crippen molar-refractivity contribution < 1.29 is 32.5 Å². The van der Waals surface area contributed by atoms with Crippen LogP contribution in [0.25, 0.3) is 0 Å². The molecular weight excluding hydrogens is 418 g/mol. The predicted octanol–water partition coefficient (Wildman–Crippen LogP) is 2.49. The fourth-order valence-electron chi connectivity index (χ4n) is 2.56. The molecule has 1 fully saturated rings. The maximum atomic E-state index is 13.1. The summed E-state index contributed by atoms with van der Waals surface area (Å²) in [5, 5.41) is 2.79. The van der Waals surface area contributed by atoms with Gasteiger partial charge in [-0.2, -0.15) is 4.98 Å². The standard InChI is InChI=1S/C18H30FN4O6P/c1-4-5-6-7-26-17(24)15(12(2)3)23-30(25)11-28-13(10-29-30)9-27-18-21-8-14(19)16(20)22-18/h8,12-13,15H,4-7,9-11H2,1-3H3,(H,23,25)(H2,20,21,22)/t13-,15+,30?/m1/s1. The molecular formula is C18H30FN4O6P. The second-order valence-corrected chi connectivity index (χ2v) is 9.43. The Hall–Kier alpha value is -1.81. The summed E-state index contributed by atoms with van der Waals surface area (Å²) in [4.78, 5) is 19.7. The molecule has 3 N–H and O–H groups in total. The minimum Gasteiger partial charge on any atom is -0.465 e. The first-order valence-corrected chi connectivity index (χ1v) is 11.8. The molecule has 0 spiro atoms. The summed E-state index contributed by atoms with van der Waals surface area (Å²) in [5.74, 6) is -1.68. The van der Waals surface area contributed by atoms with Crippen LogP contribution in [-0.4, -0.2) is 54.3 Å². The van der Waals surface area contributed by atoms with Crippen LogP contribution in [0, 0.1) is 11.7 Å². The molecule has 1 aliphatic rings. The van der Waals surface area contributed by atoms with Gasteiger partial charge in [-0.05, 0) is 12.3 Å². The van der Waals surface area contributed by atoms with Crippen LogP contribution in [-0.2, 0) is 23.4 Å². The molecule has 30 heavy (non-hydrogen) atoms. The van der Waals surface area contributed by atoms with E-state index in [2.05, 4.69) is 22.0 Å². The molecule has 0 aromatic carbocycles. The zero-order valence-electron chi connectivity index (χ0n) is 17.5. The number of hydrogen-bond donors (Lipinski definition) is 2. The summed E-state index contributed by atoms with van der Waals surface area (Å²) in [7, 11) is -3.40. The van der Waals surface area contributed by atoms with E-state index < -0.39 is 31.5 Å². The maximum absolute atomic E-state index is 13.1. The molecule has 0 radical (unpaired) electrons. The molecule has 0 bridgehead atoms. The number of carbonyl (C=O) groups is 1. The first-order valence-electron chi connectivity index (χ1n) is 9.94. The fourth-order valence-corrected chi connectivity index (χ4v) is 4.43. The Bertz CT molecular complexity index is 741. The van der Waals surface area contributed by atoms with Crippen molar-refractivity contribution in [3.8, 4) is 6.01 Å². The molecule has 2 heterocycles. The average Bonchev–Trinajstić information content (AvgIpc) is 2.71. The van der Waals surface area contributed by atoms with Gasteiger partial charge in [-0.3, -0.25) is 9.36 Å². The Morgan fingerprint density at radius 1 is 1.47 bits per heavy atom. The summed E-state index contributed by atoms with van der Waals surface area (Å²) in [6.45, 7) is 6.01. The van der Waals surface area contributed by atoms with Crippen molar-refractivity contribution in [3.05, 3.63) is 12.0 Å². The van der Waals surface area contributed by atoms with Crippen LogP contribution in [0.2, 0.25) is 0 Å². The number of hydrogen-bond acceptors (Lipinski definition) is 9. The number of nitrogens with two attached hydrogens (primary N) is 1. The van der Waals surface area contributed by atoms with E-state index in [0.29, 0.717) is 6.61 Å². The summed E-state index contributed by atoms with van der Waals surface area (Å²) >= 11 is 0. The number of esters is 1. The monoisotopic (exact) mass is 448 g/mol. The lowest BCUT2D eigenvalue weighted by atomic mass is 10.1. The first-order chi connectivity index (χ1) is 14.2. The van der Waals surface area contributed by atoms with Crippen LogP contribution in [0.3, 0.4) is 0 Å². The average molecular weight is 448 g/mol. The van der Waals surface area contributed by atoms with Gasteiger partial charge >= 0.3 is 12.0 Å². The van der Waals surface area contributed by atoms with Gasteiger partial charge < -0.3 is 24.5 Å². The van der Waals surface area contributed by atoms with Gasteiger partial charge in [-0.15, -0.1) is 0 Å². The summed E-state index contributed by atoms with van der Waals surface area (Å²) in [5.41, 5.74) is 5.36. The number of nitrogens with one attached hydrogen (secondary N) is 1. The molecule has 2 rings (SSSR count). The van der Waals surface area contributed by atoms with Gasteiger partial charge in [-0.25, -0.2) is 14.5 Å². The van der Waals surface area contributed by atoms with E-state index in [1.54, 1.807) is 0 Å². The van der Waals surface area contributed by atoms with E-state index in [1.165, 1.54) is 0 Å². The van der Waals surface area contributed by atoms with Crippen molar-refractivity contribution in [2.75, 3.05) is 31.9 Å². The second kappa shape index (κ2) is 11.5. The number of unbranched alkanes of at least 4 members (excludes halogenated alkanes) is 2. The van der Waals surface area contributed by atoms with Crippen LogP contribution < -0.4 is 15.6 Å². The first kappa shape index (κ1) is 24.5. The summed E-state index contributed by atoms with van der Waals surface area (Å²) in [6.07, 6.45) is 2.91. The molecule has 3 atom stereocenters. The lowest BCUT2D eigenvalue weighted by molar-refractivity contribution is -0.147. The number of carbonyl (C=O) groups excluding carboxylic acids is 1. The number of ether oxygens (including phenoxy) is 3. The van der Waals surface area contributed by atoms with Gasteiger partial charge in [-0.1, -0.05) is 33.6 Å². The molecule has 1 aromatic heterocycles. The number of aromatic nitrogens is 2. The lowest BCUT2D eigenvalue weighted by Gasteiger charge is -2.32. The number of rotatable bonds is 11. The topological polar surface area (TPSA) is 135 Å². The normalized spacial score (nSPS) is 22.6. The van der Waals surface area contributed by atoms with Crippen molar-refractivity contribution in [1.82, 2.24) is 15.1 Å². The predicted molar refractivity (Wildman–Crippen MR) is 107 cm³/mol. The van der Waals surface area contributed by atoms with Crippen molar-refractivity contribution in [1.29, 1.82) is 0 Å². The van der Waals surface area contributed by atoms with Gasteiger partial charge in [0.2, 0.25) is 0 Å². The van der Waals surface area contributed by atoms with Crippen LogP contribution in [0.15, 0.2) is 6.20 Å². The van der Waals surface area contributed by atoms with Crippen LogP contribution in [0.4, 0.5) is 10.2 Å². The summed E-state index contributed by atoms with van der Waals surface area (Å²) in [6, 6.07) is -0.875. The molecule has 1 aliphatic heterocycles. The van der Waals surface area contributed by atoms with E-state index in [9.17, 15) is 13.8 Å². The molecule has 10 nitrogen and oxygen atoms in total. The molecule has 0 amide bonds. The Balaban J connectivity index is 1.82. The van der Waals surface area contributed by atoms with E-state index in [4.69, 9.17) is 24.5 Å². The molecule has 1 unspecified atom stereocenters. The van der Waals surface area contributed by atoms with Crippen molar-refractivity contribution in [2.45, 2.75) is 52.2 Å². The van der Waals surface area contributed by atoms with Crippen LogP contribution in [0.5, 0.6) is 6.01 Å². The number of nitrogen functional groups attached to an aromatic ring is 1. The largest absolute Gasteiger partial charge is 0.465 e. The Morgan fingerprint density at radius 2 is 2.23 bits per heavy atom. The highest BCUT2D eigenvalue weighted by molar-refractivity contribution is 7.56. The highest BCUT2D eigenvalue weighted by atomic mass is 31.2. The third-order valence-electron chi connectivity index (χ3n) is 4.35. The second-order valence-electron chi connectivity index (χ2n) is 7.31. The Kier molecular flexibility index (Phi) is 9.41. The van der Waals surface area contributed by atoms with E-state index >= 15 is 0 Å². The smallest absolute Gasteiger partial charge is 0.323 e. The highest BCUT2D eigenvalue weighted by Crippen LogP contribution is 2.46. The maximum Gasteiger partial charge on any atom is 0.323 e. The van der Waals surface area contributed by atoms with Crippen molar-refractivity contribution >= 4 is 19.3 Å². The number of anilines is 1. The van der Waals surface area contributed by atoms with Gasteiger partial charge in [0.1, 0.15) is 25.1 Å².